The van der Waals surface area contributed by atoms with Gasteiger partial charge in [0.05, 0.1) is 4.92 Å². The molecule has 0 unspecified atom stereocenters. The van der Waals surface area contributed by atoms with Gasteiger partial charge < -0.3 is 15.4 Å². The molecule has 2 heterocycles. The highest BCUT2D eigenvalue weighted by Crippen LogP contribution is 2.40. The van der Waals surface area contributed by atoms with Crippen LogP contribution >= 0.6 is 0 Å². The highest BCUT2D eigenvalue weighted by atomic mass is 16.6. The van der Waals surface area contributed by atoms with Gasteiger partial charge in [-0.15, -0.1) is 0 Å². The Morgan fingerprint density at radius 2 is 1.76 bits per heavy atom. The van der Waals surface area contributed by atoms with Crippen LogP contribution in [0, 0.1) is 24.0 Å². The number of alkyl carbamates (subject to hydrolysis) is 1. The number of nitro benzene ring substituents is 1. The van der Waals surface area contributed by atoms with Crippen LogP contribution in [-0.4, -0.2) is 43.3 Å². The van der Waals surface area contributed by atoms with E-state index < -0.39 is 11.7 Å². The van der Waals surface area contributed by atoms with Crippen LogP contribution in [0.2, 0.25) is 0 Å². The summed E-state index contributed by atoms with van der Waals surface area (Å²) < 4.78 is 7.10. The first-order valence-corrected chi connectivity index (χ1v) is 13.2. The standard InChI is InChI=1S/C28H38N6O4/c1-16(2)21-12-24(31-19-8-10-20(11-9-19)32-27(35)38-28(5,6)7)25(34(36)37)13-22(21)23-14-33-26(29-15-30-33)18(4)17(23)3/h12-16,19-20,31H,8-11H2,1-7H3,(H,32,35). The molecule has 2 aromatic heterocycles. The maximum absolute atomic E-state index is 12.2. The number of nitrogens with one attached hydrogen (secondary N) is 2. The van der Waals surface area contributed by atoms with Crippen LogP contribution in [0.4, 0.5) is 16.2 Å². The van der Waals surface area contributed by atoms with Crippen molar-refractivity contribution in [2.75, 3.05) is 5.32 Å². The van der Waals surface area contributed by atoms with Crippen LogP contribution in [0.15, 0.2) is 24.7 Å². The number of aromatic nitrogens is 3. The molecule has 0 saturated heterocycles. The number of aryl methyl sites for hydroxylation is 1. The number of anilines is 1. The molecule has 0 spiro atoms. The van der Waals surface area contributed by atoms with Gasteiger partial charge in [0.25, 0.3) is 5.69 Å². The largest absolute Gasteiger partial charge is 0.444 e. The number of nitrogens with zero attached hydrogens (tertiary/aromatic N) is 4. The molecule has 1 aliphatic carbocycles. The lowest BCUT2D eigenvalue weighted by atomic mass is 9.88. The van der Waals surface area contributed by atoms with Crippen LogP contribution < -0.4 is 10.6 Å². The van der Waals surface area contributed by atoms with E-state index in [-0.39, 0.29) is 28.6 Å². The van der Waals surface area contributed by atoms with Gasteiger partial charge in [-0.25, -0.2) is 14.3 Å². The molecule has 10 nitrogen and oxygen atoms in total. The molecule has 0 radical (unpaired) electrons. The molecule has 0 bridgehead atoms. The molecule has 1 saturated carbocycles. The minimum absolute atomic E-state index is 0.0319. The van der Waals surface area contributed by atoms with Crippen molar-refractivity contribution in [3.8, 4) is 11.1 Å². The fourth-order valence-electron chi connectivity index (χ4n) is 5.13. The van der Waals surface area contributed by atoms with Gasteiger partial charge in [-0.05, 0) is 94.5 Å². The molecule has 10 heteroatoms. The molecule has 1 amide bonds. The summed E-state index contributed by atoms with van der Waals surface area (Å²) in [4.78, 5) is 28.4. The van der Waals surface area contributed by atoms with Crippen molar-refractivity contribution in [1.82, 2.24) is 19.9 Å². The molecule has 0 aliphatic heterocycles. The number of amides is 1. The Balaban J connectivity index is 1.59. The zero-order valence-electron chi connectivity index (χ0n) is 23.3. The molecule has 1 aromatic carbocycles. The van der Waals surface area contributed by atoms with Gasteiger partial charge in [0.15, 0.2) is 5.65 Å². The van der Waals surface area contributed by atoms with Gasteiger partial charge in [0.1, 0.15) is 17.6 Å². The minimum atomic E-state index is -0.541. The highest BCUT2D eigenvalue weighted by Gasteiger charge is 2.28. The van der Waals surface area contributed by atoms with Crippen molar-refractivity contribution in [2.24, 2.45) is 0 Å². The molecular weight excluding hydrogens is 484 g/mol. The first kappa shape index (κ1) is 27.3. The van der Waals surface area contributed by atoms with Crippen molar-refractivity contribution >= 4 is 23.1 Å². The minimum Gasteiger partial charge on any atom is -0.444 e. The van der Waals surface area contributed by atoms with Crippen LogP contribution in [-0.2, 0) is 4.74 Å². The predicted octanol–water partition coefficient (Wildman–Crippen LogP) is 6.29. The topological polar surface area (TPSA) is 124 Å². The number of hydrogen-bond acceptors (Lipinski definition) is 7. The molecule has 1 aliphatic rings. The highest BCUT2D eigenvalue weighted by molar-refractivity contribution is 5.80. The molecule has 1 fully saturated rings. The lowest BCUT2D eigenvalue weighted by Crippen LogP contribution is -2.42. The van der Waals surface area contributed by atoms with E-state index in [2.05, 4.69) is 34.6 Å². The number of ether oxygens (including phenoxy) is 1. The van der Waals surface area contributed by atoms with E-state index in [9.17, 15) is 14.9 Å². The summed E-state index contributed by atoms with van der Waals surface area (Å²) in [6, 6.07) is 3.73. The fraction of sp³-hybridized carbons (Fsp3) is 0.536. The number of carbonyl (C=O) groups is 1. The summed E-state index contributed by atoms with van der Waals surface area (Å²) >= 11 is 0. The maximum atomic E-state index is 12.2. The van der Waals surface area contributed by atoms with Crippen molar-refractivity contribution in [2.45, 2.75) is 97.8 Å². The first-order chi connectivity index (χ1) is 17.8. The van der Waals surface area contributed by atoms with Gasteiger partial charge in [0.2, 0.25) is 0 Å². The van der Waals surface area contributed by atoms with Gasteiger partial charge in [-0.3, -0.25) is 10.1 Å². The van der Waals surface area contributed by atoms with Crippen molar-refractivity contribution in [3.63, 3.8) is 0 Å². The second-order valence-corrected chi connectivity index (χ2v) is 11.5. The number of carbonyl (C=O) groups excluding carboxylic acids is 1. The molecule has 4 rings (SSSR count). The fourth-order valence-corrected chi connectivity index (χ4v) is 5.13. The van der Waals surface area contributed by atoms with Crippen LogP contribution in [0.1, 0.15) is 82.9 Å². The monoisotopic (exact) mass is 522 g/mol. The SMILES string of the molecule is Cc1c(-c2cc([N+](=O)[O-])c(NC3CCC(NC(=O)OC(C)(C)C)CC3)cc2C(C)C)cn2ncnc2c1C. The Morgan fingerprint density at radius 3 is 2.37 bits per heavy atom. The molecule has 38 heavy (non-hydrogen) atoms. The van der Waals surface area contributed by atoms with Crippen molar-refractivity contribution in [3.05, 3.63) is 51.5 Å². The van der Waals surface area contributed by atoms with E-state index >= 15 is 0 Å². The average Bonchev–Trinajstić information content (AvgIpc) is 3.30. The lowest BCUT2D eigenvalue weighted by molar-refractivity contribution is -0.383. The third-order valence-corrected chi connectivity index (χ3v) is 7.21. The van der Waals surface area contributed by atoms with E-state index in [1.807, 2.05) is 46.9 Å². The number of fused-ring (bicyclic) bond motifs is 1. The summed E-state index contributed by atoms with van der Waals surface area (Å²) in [6.45, 7) is 13.7. The zero-order chi connectivity index (χ0) is 27.8. The Kier molecular flexibility index (Phi) is 7.62. The van der Waals surface area contributed by atoms with Crippen LogP contribution in [0.3, 0.4) is 0 Å². The smallest absolute Gasteiger partial charge is 0.407 e. The molecule has 3 aromatic rings. The summed E-state index contributed by atoms with van der Waals surface area (Å²) in [5, 5.41) is 22.9. The number of benzene rings is 1. The lowest BCUT2D eigenvalue weighted by Gasteiger charge is -2.31. The number of rotatable bonds is 6. The van der Waals surface area contributed by atoms with Gasteiger partial charge in [0, 0.05) is 29.9 Å². The van der Waals surface area contributed by atoms with E-state index in [0.717, 1.165) is 59.1 Å². The predicted molar refractivity (Wildman–Crippen MR) is 148 cm³/mol. The Labute approximate surface area is 223 Å². The second kappa shape index (κ2) is 10.6. The van der Waals surface area contributed by atoms with Crippen molar-refractivity contribution in [1.29, 1.82) is 0 Å². The van der Waals surface area contributed by atoms with Gasteiger partial charge in [-0.1, -0.05) is 13.8 Å². The zero-order valence-corrected chi connectivity index (χ0v) is 23.3. The molecule has 0 atom stereocenters. The third kappa shape index (κ3) is 5.89. The number of pyridine rings is 1. The summed E-state index contributed by atoms with van der Waals surface area (Å²) in [5.41, 5.74) is 5.61. The third-order valence-electron chi connectivity index (χ3n) is 7.21. The summed E-state index contributed by atoms with van der Waals surface area (Å²) in [5.74, 6) is 0.145. The van der Waals surface area contributed by atoms with E-state index in [1.54, 1.807) is 10.6 Å². The quantitative estimate of drug-likeness (QED) is 0.288. The number of nitro groups is 1. The van der Waals surface area contributed by atoms with Crippen LogP contribution in [0.25, 0.3) is 16.8 Å². The average molecular weight is 523 g/mol. The Hall–Kier alpha value is -3.69. The second-order valence-electron chi connectivity index (χ2n) is 11.5. The first-order valence-electron chi connectivity index (χ1n) is 13.2. The van der Waals surface area contributed by atoms with Crippen LogP contribution in [0.5, 0.6) is 0 Å². The number of hydrogen-bond donors (Lipinski definition) is 2. The van der Waals surface area contributed by atoms with E-state index in [4.69, 9.17) is 4.74 Å². The summed E-state index contributed by atoms with van der Waals surface area (Å²) in [6.07, 6.45) is 6.14. The maximum Gasteiger partial charge on any atom is 0.407 e. The Bertz CT molecular complexity index is 1350. The molecule has 2 N–H and O–H groups in total. The normalized spacial score (nSPS) is 18.0. The Morgan fingerprint density at radius 1 is 1.11 bits per heavy atom. The molecule has 204 valence electrons. The molecular formula is C28H38N6O4. The van der Waals surface area contributed by atoms with E-state index in [1.165, 1.54) is 6.33 Å². The van der Waals surface area contributed by atoms with Crippen molar-refractivity contribution < 1.29 is 14.5 Å². The van der Waals surface area contributed by atoms with Gasteiger partial charge in [-0.2, -0.15) is 5.10 Å². The van der Waals surface area contributed by atoms with E-state index in [0.29, 0.717) is 5.69 Å². The van der Waals surface area contributed by atoms with Gasteiger partial charge >= 0.3 is 6.09 Å². The summed E-state index contributed by atoms with van der Waals surface area (Å²) in [7, 11) is 0.